The molecular formula is C16H12ClN3S. The highest BCUT2D eigenvalue weighted by molar-refractivity contribution is 7.99. The maximum atomic E-state index is 6.02. The zero-order valence-electron chi connectivity index (χ0n) is 11.3. The highest BCUT2D eigenvalue weighted by atomic mass is 35.5. The maximum absolute atomic E-state index is 6.02. The van der Waals surface area contributed by atoms with Gasteiger partial charge in [0, 0.05) is 10.5 Å². The van der Waals surface area contributed by atoms with E-state index in [1.165, 1.54) is 17.3 Å². The molecule has 1 aromatic heterocycles. The van der Waals surface area contributed by atoms with Crippen molar-refractivity contribution < 1.29 is 0 Å². The second kappa shape index (κ2) is 6.24. The van der Waals surface area contributed by atoms with Crippen LogP contribution in [0.4, 0.5) is 0 Å². The molecule has 21 heavy (non-hydrogen) atoms. The molecule has 0 N–H and O–H groups in total. The molecule has 0 unspecified atom stereocenters. The fourth-order valence-corrected chi connectivity index (χ4v) is 2.76. The molecule has 3 nitrogen and oxygen atoms in total. The van der Waals surface area contributed by atoms with E-state index in [0.717, 1.165) is 10.5 Å². The number of nitrogens with zero attached hydrogens (tertiary/aromatic N) is 3. The Hall–Kier alpha value is -1.91. The van der Waals surface area contributed by atoms with E-state index in [-0.39, 0.29) is 5.28 Å². The molecule has 0 radical (unpaired) electrons. The van der Waals surface area contributed by atoms with Crippen molar-refractivity contribution in [2.75, 3.05) is 0 Å². The molecule has 1 heterocycles. The van der Waals surface area contributed by atoms with Gasteiger partial charge in [0.25, 0.3) is 0 Å². The number of halogens is 1. The molecule has 0 fully saturated rings. The first kappa shape index (κ1) is 14.0. The van der Waals surface area contributed by atoms with Crippen molar-refractivity contribution in [1.29, 1.82) is 0 Å². The third-order valence-corrected chi connectivity index (χ3v) is 3.89. The first-order valence-corrected chi connectivity index (χ1v) is 7.62. The molecular weight excluding hydrogens is 302 g/mol. The predicted octanol–water partition coefficient (Wildman–Crippen LogP) is 4.65. The van der Waals surface area contributed by atoms with Gasteiger partial charge in [-0.15, -0.1) is 0 Å². The Bertz CT molecular complexity index is 745. The molecule has 0 atom stereocenters. The third-order valence-electron chi connectivity index (χ3n) is 2.85. The van der Waals surface area contributed by atoms with Gasteiger partial charge in [0.1, 0.15) is 0 Å². The maximum Gasteiger partial charge on any atom is 0.226 e. The van der Waals surface area contributed by atoms with Crippen molar-refractivity contribution in [3.05, 3.63) is 65.4 Å². The first-order valence-electron chi connectivity index (χ1n) is 6.42. The minimum absolute atomic E-state index is 0.207. The lowest BCUT2D eigenvalue weighted by Gasteiger charge is -2.04. The molecule has 3 rings (SSSR count). The van der Waals surface area contributed by atoms with Crippen LogP contribution in [0.5, 0.6) is 0 Å². The van der Waals surface area contributed by atoms with E-state index in [1.54, 1.807) is 0 Å². The van der Waals surface area contributed by atoms with Gasteiger partial charge in [0.15, 0.2) is 11.0 Å². The average molecular weight is 314 g/mol. The first-order chi connectivity index (χ1) is 10.2. The second-order valence-electron chi connectivity index (χ2n) is 4.49. The molecule has 0 bridgehead atoms. The van der Waals surface area contributed by atoms with Crippen LogP contribution in [0.15, 0.2) is 64.6 Å². The summed E-state index contributed by atoms with van der Waals surface area (Å²) in [5.74, 6) is 0.588. The van der Waals surface area contributed by atoms with Crippen LogP contribution in [-0.4, -0.2) is 15.0 Å². The third kappa shape index (κ3) is 3.60. The van der Waals surface area contributed by atoms with Crippen molar-refractivity contribution in [3.8, 4) is 11.4 Å². The Morgan fingerprint density at radius 3 is 2.29 bits per heavy atom. The summed E-state index contributed by atoms with van der Waals surface area (Å²) in [5.41, 5.74) is 2.14. The van der Waals surface area contributed by atoms with Crippen LogP contribution in [0.1, 0.15) is 5.56 Å². The SMILES string of the molecule is Cc1ccc(Sc2nc(Cl)nc(-c3ccccc3)n2)cc1. The lowest BCUT2D eigenvalue weighted by molar-refractivity contribution is 0.912. The van der Waals surface area contributed by atoms with Crippen molar-refractivity contribution in [2.24, 2.45) is 0 Å². The topological polar surface area (TPSA) is 38.7 Å². The Balaban J connectivity index is 1.93. The molecule has 5 heteroatoms. The zero-order valence-corrected chi connectivity index (χ0v) is 12.9. The van der Waals surface area contributed by atoms with Crippen LogP contribution in [0.25, 0.3) is 11.4 Å². The number of hydrogen-bond donors (Lipinski definition) is 0. The lowest BCUT2D eigenvalue weighted by Crippen LogP contribution is -1.95. The van der Waals surface area contributed by atoms with E-state index in [9.17, 15) is 0 Å². The molecule has 3 aromatic rings. The van der Waals surface area contributed by atoms with Crippen LogP contribution < -0.4 is 0 Å². The number of aryl methyl sites for hydroxylation is 1. The van der Waals surface area contributed by atoms with Crippen LogP contribution in [0.3, 0.4) is 0 Å². The van der Waals surface area contributed by atoms with Crippen LogP contribution in [-0.2, 0) is 0 Å². The van der Waals surface area contributed by atoms with Crippen molar-refractivity contribution in [1.82, 2.24) is 15.0 Å². The molecule has 2 aromatic carbocycles. The summed E-state index contributed by atoms with van der Waals surface area (Å²) >= 11 is 7.49. The molecule has 0 saturated heterocycles. The molecule has 0 aliphatic rings. The summed E-state index contributed by atoms with van der Waals surface area (Å²) in [4.78, 5) is 13.9. The Morgan fingerprint density at radius 2 is 1.57 bits per heavy atom. The van der Waals surface area contributed by atoms with Gasteiger partial charge in [-0.3, -0.25) is 0 Å². The molecule has 0 aliphatic heterocycles. The highest BCUT2D eigenvalue weighted by Crippen LogP contribution is 2.27. The Labute approximate surface area is 132 Å². The average Bonchev–Trinajstić information content (AvgIpc) is 2.50. The summed E-state index contributed by atoms with van der Waals surface area (Å²) < 4.78 is 0. The molecule has 104 valence electrons. The smallest absolute Gasteiger partial charge is 0.202 e. The summed E-state index contributed by atoms with van der Waals surface area (Å²) in [5, 5.41) is 0.802. The molecule has 0 amide bonds. The Morgan fingerprint density at radius 1 is 0.857 bits per heavy atom. The van der Waals surface area contributed by atoms with Gasteiger partial charge in [-0.2, -0.15) is 9.97 Å². The van der Waals surface area contributed by atoms with E-state index in [1.807, 2.05) is 42.5 Å². The Kier molecular flexibility index (Phi) is 4.18. The van der Waals surface area contributed by atoms with Gasteiger partial charge in [0.2, 0.25) is 5.28 Å². The van der Waals surface area contributed by atoms with Crippen LogP contribution in [0.2, 0.25) is 5.28 Å². The van der Waals surface area contributed by atoms with E-state index in [0.29, 0.717) is 11.0 Å². The minimum Gasteiger partial charge on any atom is -0.202 e. The van der Waals surface area contributed by atoms with Gasteiger partial charge < -0.3 is 0 Å². The summed E-state index contributed by atoms with van der Waals surface area (Å²) in [6, 6.07) is 17.9. The van der Waals surface area contributed by atoms with E-state index in [4.69, 9.17) is 11.6 Å². The van der Waals surface area contributed by atoms with Crippen LogP contribution in [0, 0.1) is 6.92 Å². The summed E-state index contributed by atoms with van der Waals surface area (Å²) in [6.45, 7) is 2.06. The van der Waals surface area contributed by atoms with Gasteiger partial charge in [-0.1, -0.05) is 48.0 Å². The number of aromatic nitrogens is 3. The van der Waals surface area contributed by atoms with Gasteiger partial charge in [-0.05, 0) is 42.4 Å². The summed E-state index contributed by atoms with van der Waals surface area (Å²) in [6.07, 6.45) is 0. The summed E-state index contributed by atoms with van der Waals surface area (Å²) in [7, 11) is 0. The quantitative estimate of drug-likeness (QED) is 0.705. The van der Waals surface area contributed by atoms with E-state index >= 15 is 0 Å². The lowest BCUT2D eigenvalue weighted by atomic mass is 10.2. The highest BCUT2D eigenvalue weighted by Gasteiger charge is 2.08. The fourth-order valence-electron chi connectivity index (χ4n) is 1.81. The van der Waals surface area contributed by atoms with Gasteiger partial charge in [0.05, 0.1) is 0 Å². The van der Waals surface area contributed by atoms with Crippen molar-refractivity contribution in [3.63, 3.8) is 0 Å². The standard InChI is InChI=1S/C16H12ClN3S/c1-11-7-9-13(10-8-11)21-16-19-14(18-15(17)20-16)12-5-3-2-4-6-12/h2-10H,1H3. The van der Waals surface area contributed by atoms with Crippen molar-refractivity contribution >= 4 is 23.4 Å². The van der Waals surface area contributed by atoms with Crippen LogP contribution >= 0.6 is 23.4 Å². The number of hydrogen-bond acceptors (Lipinski definition) is 4. The molecule has 0 aliphatic carbocycles. The largest absolute Gasteiger partial charge is 0.226 e. The second-order valence-corrected chi connectivity index (χ2v) is 5.87. The zero-order chi connectivity index (χ0) is 14.7. The predicted molar refractivity (Wildman–Crippen MR) is 85.6 cm³/mol. The van der Waals surface area contributed by atoms with Gasteiger partial charge >= 0.3 is 0 Å². The van der Waals surface area contributed by atoms with E-state index < -0.39 is 0 Å². The number of rotatable bonds is 3. The van der Waals surface area contributed by atoms with Crippen molar-refractivity contribution in [2.45, 2.75) is 17.0 Å². The normalized spacial score (nSPS) is 10.6. The number of benzene rings is 2. The minimum atomic E-state index is 0.207. The fraction of sp³-hybridized carbons (Fsp3) is 0.0625. The van der Waals surface area contributed by atoms with Gasteiger partial charge in [-0.25, -0.2) is 4.98 Å². The monoisotopic (exact) mass is 313 g/mol. The molecule has 0 saturated carbocycles. The molecule has 0 spiro atoms. The van der Waals surface area contributed by atoms with E-state index in [2.05, 4.69) is 34.0 Å².